The predicted octanol–water partition coefficient (Wildman–Crippen LogP) is 1.17. The van der Waals surface area contributed by atoms with Gasteiger partial charge in [-0.15, -0.1) is 0 Å². The summed E-state index contributed by atoms with van der Waals surface area (Å²) >= 11 is 0. The summed E-state index contributed by atoms with van der Waals surface area (Å²) in [6.07, 6.45) is 0.738. The molecule has 0 aromatic heterocycles. The molecule has 1 heterocycles. The van der Waals surface area contributed by atoms with Crippen LogP contribution in [0.5, 0.6) is 0 Å². The number of amides is 1. The van der Waals surface area contributed by atoms with Crippen molar-refractivity contribution in [1.29, 1.82) is 0 Å². The van der Waals surface area contributed by atoms with Crippen molar-refractivity contribution in [2.45, 2.75) is 32.5 Å². The fourth-order valence-electron chi connectivity index (χ4n) is 1.56. The lowest BCUT2D eigenvalue weighted by molar-refractivity contribution is 0.0164. The Bertz CT molecular complexity index is 306. The maximum absolute atomic E-state index is 11.8. The van der Waals surface area contributed by atoms with Gasteiger partial charge in [0.25, 0.3) is 0 Å². The van der Waals surface area contributed by atoms with Crippen LogP contribution in [0, 0.1) is 0 Å². The lowest BCUT2D eigenvalue weighted by Crippen LogP contribution is -2.44. The molecule has 1 rings (SSSR count). The van der Waals surface area contributed by atoms with E-state index in [4.69, 9.17) is 9.47 Å². The SMILES string of the molecule is COCC1=CCN(C(=O)OC(C)(C)C)CC1O. The molecule has 0 fully saturated rings. The fraction of sp³-hybridized carbons (Fsp3) is 0.750. The maximum Gasteiger partial charge on any atom is 0.410 e. The summed E-state index contributed by atoms with van der Waals surface area (Å²) in [5.41, 5.74) is 0.297. The maximum atomic E-state index is 11.8. The minimum absolute atomic E-state index is 0.254. The summed E-state index contributed by atoms with van der Waals surface area (Å²) in [6.45, 7) is 6.55. The smallest absolute Gasteiger partial charge is 0.410 e. The Hall–Kier alpha value is -1.07. The molecule has 1 unspecified atom stereocenters. The van der Waals surface area contributed by atoms with Gasteiger partial charge in [-0.2, -0.15) is 0 Å². The molecule has 0 radical (unpaired) electrons. The van der Waals surface area contributed by atoms with Gasteiger partial charge in [0.15, 0.2) is 0 Å². The first kappa shape index (κ1) is 14.0. The Balaban J connectivity index is 2.57. The van der Waals surface area contributed by atoms with E-state index in [-0.39, 0.29) is 6.54 Å². The third kappa shape index (κ3) is 4.36. The fourth-order valence-corrected chi connectivity index (χ4v) is 1.56. The van der Waals surface area contributed by atoms with E-state index in [1.807, 2.05) is 26.8 Å². The molecule has 1 amide bonds. The molecule has 5 nitrogen and oxygen atoms in total. The van der Waals surface area contributed by atoms with Gasteiger partial charge in [0.1, 0.15) is 5.60 Å². The van der Waals surface area contributed by atoms with Crippen LogP contribution in [0.1, 0.15) is 20.8 Å². The lowest BCUT2D eigenvalue weighted by Gasteiger charge is -2.31. The first-order chi connectivity index (χ1) is 7.83. The number of methoxy groups -OCH3 is 1. The van der Waals surface area contributed by atoms with Crippen LogP contribution in [-0.2, 0) is 9.47 Å². The van der Waals surface area contributed by atoms with Gasteiger partial charge in [0.2, 0.25) is 0 Å². The van der Waals surface area contributed by atoms with Crippen molar-refractivity contribution in [3.8, 4) is 0 Å². The molecular formula is C12H21NO4. The monoisotopic (exact) mass is 243 g/mol. The van der Waals surface area contributed by atoms with E-state index in [2.05, 4.69) is 0 Å². The highest BCUT2D eigenvalue weighted by Crippen LogP contribution is 2.15. The summed E-state index contributed by atoms with van der Waals surface area (Å²) in [7, 11) is 1.58. The molecule has 0 spiro atoms. The van der Waals surface area contributed by atoms with Gasteiger partial charge >= 0.3 is 6.09 Å². The zero-order valence-corrected chi connectivity index (χ0v) is 10.9. The van der Waals surface area contributed by atoms with E-state index < -0.39 is 17.8 Å². The van der Waals surface area contributed by atoms with Crippen LogP contribution in [0.2, 0.25) is 0 Å². The largest absolute Gasteiger partial charge is 0.444 e. The second-order valence-corrected chi connectivity index (χ2v) is 5.11. The van der Waals surface area contributed by atoms with Crippen LogP contribution in [0.4, 0.5) is 4.79 Å². The van der Waals surface area contributed by atoms with Crippen molar-refractivity contribution < 1.29 is 19.4 Å². The average Bonchev–Trinajstić information content (AvgIpc) is 2.18. The summed E-state index contributed by atoms with van der Waals surface area (Å²) < 4.78 is 10.2. The van der Waals surface area contributed by atoms with Gasteiger partial charge in [-0.25, -0.2) is 4.79 Å². The Kier molecular flexibility index (Phi) is 4.54. The van der Waals surface area contributed by atoms with Crippen molar-refractivity contribution in [3.05, 3.63) is 11.6 Å². The molecule has 98 valence electrons. The van der Waals surface area contributed by atoms with Crippen molar-refractivity contribution >= 4 is 6.09 Å². The molecule has 1 aliphatic rings. The molecule has 0 saturated carbocycles. The molecule has 1 atom stereocenters. The minimum atomic E-state index is -0.670. The molecule has 17 heavy (non-hydrogen) atoms. The van der Waals surface area contributed by atoms with Crippen molar-refractivity contribution in [1.82, 2.24) is 4.90 Å². The second kappa shape index (κ2) is 5.51. The molecular weight excluding hydrogens is 222 g/mol. The normalized spacial score (nSPS) is 21.1. The minimum Gasteiger partial charge on any atom is -0.444 e. The molecule has 0 bridgehead atoms. The molecule has 0 saturated heterocycles. The summed E-state index contributed by atoms with van der Waals surface area (Å²) in [5, 5.41) is 9.82. The topological polar surface area (TPSA) is 59.0 Å². The van der Waals surface area contributed by atoms with Crippen LogP contribution in [-0.4, -0.2) is 54.6 Å². The zero-order valence-electron chi connectivity index (χ0n) is 10.9. The number of ether oxygens (including phenoxy) is 2. The number of rotatable bonds is 2. The van der Waals surface area contributed by atoms with Crippen molar-refractivity contribution in [3.63, 3.8) is 0 Å². The van der Waals surface area contributed by atoms with Crippen LogP contribution in [0.25, 0.3) is 0 Å². The Morgan fingerprint density at radius 2 is 2.24 bits per heavy atom. The van der Waals surface area contributed by atoms with Crippen molar-refractivity contribution in [2.75, 3.05) is 26.8 Å². The Labute approximate surface area is 102 Å². The van der Waals surface area contributed by atoms with Gasteiger partial charge in [0, 0.05) is 13.7 Å². The number of hydrogen-bond donors (Lipinski definition) is 1. The second-order valence-electron chi connectivity index (χ2n) is 5.11. The van der Waals surface area contributed by atoms with Gasteiger partial charge in [0.05, 0.1) is 19.3 Å². The van der Waals surface area contributed by atoms with Crippen LogP contribution in [0.3, 0.4) is 0 Å². The van der Waals surface area contributed by atoms with Gasteiger partial charge in [-0.3, -0.25) is 0 Å². The highest BCUT2D eigenvalue weighted by molar-refractivity contribution is 5.68. The number of hydrogen-bond acceptors (Lipinski definition) is 4. The van der Waals surface area contributed by atoms with E-state index in [0.717, 1.165) is 5.57 Å². The van der Waals surface area contributed by atoms with Crippen molar-refractivity contribution in [2.24, 2.45) is 0 Å². The quantitative estimate of drug-likeness (QED) is 0.740. The van der Waals surface area contributed by atoms with E-state index >= 15 is 0 Å². The Morgan fingerprint density at radius 1 is 1.59 bits per heavy atom. The van der Waals surface area contributed by atoms with E-state index in [0.29, 0.717) is 13.2 Å². The number of β-amino-alcohol motifs (C(OH)–C–C–N with tert-alkyl or cyclic N) is 1. The van der Waals surface area contributed by atoms with Gasteiger partial charge in [-0.1, -0.05) is 6.08 Å². The predicted molar refractivity (Wildman–Crippen MR) is 63.8 cm³/mol. The van der Waals surface area contributed by atoms with E-state index in [1.165, 1.54) is 4.90 Å². The number of aliphatic hydroxyl groups excluding tert-OH is 1. The summed E-state index contributed by atoms with van der Waals surface area (Å²) in [6, 6.07) is 0. The number of aliphatic hydroxyl groups is 1. The highest BCUT2D eigenvalue weighted by Gasteiger charge is 2.27. The number of carbonyl (C=O) groups excluding carboxylic acids is 1. The van der Waals surface area contributed by atoms with Crippen LogP contribution in [0.15, 0.2) is 11.6 Å². The third-order valence-electron chi connectivity index (χ3n) is 2.36. The van der Waals surface area contributed by atoms with Crippen LogP contribution >= 0.6 is 0 Å². The average molecular weight is 243 g/mol. The molecule has 1 N–H and O–H groups in total. The summed E-state index contributed by atoms with van der Waals surface area (Å²) in [5.74, 6) is 0. The lowest BCUT2D eigenvalue weighted by atomic mass is 10.1. The molecule has 0 aromatic rings. The molecule has 0 aromatic carbocycles. The number of nitrogens with zero attached hydrogens (tertiary/aromatic N) is 1. The highest BCUT2D eigenvalue weighted by atomic mass is 16.6. The third-order valence-corrected chi connectivity index (χ3v) is 2.36. The number of carbonyl (C=O) groups is 1. The van der Waals surface area contributed by atoms with E-state index in [9.17, 15) is 9.90 Å². The van der Waals surface area contributed by atoms with Gasteiger partial charge < -0.3 is 19.5 Å². The molecule has 1 aliphatic heterocycles. The molecule has 0 aliphatic carbocycles. The van der Waals surface area contributed by atoms with Gasteiger partial charge in [-0.05, 0) is 26.3 Å². The van der Waals surface area contributed by atoms with Crippen LogP contribution < -0.4 is 0 Å². The summed E-state index contributed by atoms with van der Waals surface area (Å²) in [4.78, 5) is 13.2. The van der Waals surface area contributed by atoms with E-state index in [1.54, 1.807) is 7.11 Å². The zero-order chi connectivity index (χ0) is 13.1. The molecule has 5 heteroatoms. The first-order valence-corrected chi connectivity index (χ1v) is 5.67. The standard InChI is InChI=1S/C12H21NO4/c1-12(2,3)17-11(15)13-6-5-9(8-16-4)10(14)7-13/h5,10,14H,6-8H2,1-4H3. The first-order valence-electron chi connectivity index (χ1n) is 5.67. The Morgan fingerprint density at radius 3 is 2.71 bits per heavy atom.